The molecule has 166 valence electrons. The van der Waals surface area contributed by atoms with Gasteiger partial charge in [-0.2, -0.15) is 0 Å². The number of hydrogen-bond acceptors (Lipinski definition) is 0. The first-order valence-corrected chi connectivity index (χ1v) is 12.2. The van der Waals surface area contributed by atoms with Crippen molar-refractivity contribution in [2.75, 3.05) is 0 Å². The molecule has 2 heteroatoms. The van der Waals surface area contributed by atoms with Crippen LogP contribution in [-0.2, 0) is 0 Å². The third-order valence-electron chi connectivity index (χ3n) is 8.31. The fraction of sp³-hybridized carbons (Fsp3) is 0.517. The van der Waals surface area contributed by atoms with Gasteiger partial charge in [-0.1, -0.05) is 69.0 Å². The Bertz CT molecular complexity index is 866. The van der Waals surface area contributed by atoms with Crippen molar-refractivity contribution >= 4 is 0 Å². The molecule has 0 atom stereocenters. The first-order chi connectivity index (χ1) is 15.0. The van der Waals surface area contributed by atoms with E-state index in [0.29, 0.717) is 11.3 Å². The zero-order chi connectivity index (χ0) is 21.8. The third kappa shape index (κ3) is 4.78. The highest BCUT2D eigenvalue weighted by atomic mass is 19.2. The van der Waals surface area contributed by atoms with Crippen molar-refractivity contribution < 1.29 is 8.78 Å². The van der Waals surface area contributed by atoms with E-state index in [0.717, 1.165) is 23.0 Å². The quantitative estimate of drug-likeness (QED) is 0.407. The largest absolute Gasteiger partial charge is 0.204 e. The van der Waals surface area contributed by atoms with Gasteiger partial charge in [-0.05, 0) is 90.5 Å². The number of allylic oxidation sites excluding steroid dienone is 1. The van der Waals surface area contributed by atoms with E-state index in [1.165, 1.54) is 81.9 Å². The Hall–Kier alpha value is -1.96. The lowest BCUT2D eigenvalue weighted by Crippen LogP contribution is -2.35. The van der Waals surface area contributed by atoms with Gasteiger partial charge in [-0.25, -0.2) is 8.78 Å². The summed E-state index contributed by atoms with van der Waals surface area (Å²) in [6, 6.07) is 12.6. The monoisotopic (exact) mass is 422 g/mol. The summed E-state index contributed by atoms with van der Waals surface area (Å²) >= 11 is 0. The number of halogens is 2. The van der Waals surface area contributed by atoms with E-state index >= 15 is 0 Å². The first kappa shape index (κ1) is 22.2. The van der Waals surface area contributed by atoms with Crippen molar-refractivity contribution in [1.82, 2.24) is 0 Å². The van der Waals surface area contributed by atoms with Crippen LogP contribution in [0.2, 0.25) is 0 Å². The van der Waals surface area contributed by atoms with Crippen molar-refractivity contribution in [1.29, 1.82) is 0 Å². The van der Waals surface area contributed by atoms with Crippen LogP contribution in [0.1, 0.15) is 82.6 Å². The van der Waals surface area contributed by atoms with Crippen molar-refractivity contribution in [2.24, 2.45) is 17.3 Å². The molecule has 2 fully saturated rings. The molecule has 31 heavy (non-hydrogen) atoms. The van der Waals surface area contributed by atoms with Crippen LogP contribution in [0, 0.1) is 28.9 Å². The van der Waals surface area contributed by atoms with Crippen molar-refractivity contribution in [3.8, 4) is 11.1 Å². The van der Waals surface area contributed by atoms with Gasteiger partial charge in [0, 0.05) is 0 Å². The predicted molar refractivity (Wildman–Crippen MR) is 126 cm³/mol. The Morgan fingerprint density at radius 1 is 0.871 bits per heavy atom. The minimum absolute atomic E-state index is 0.333. The van der Waals surface area contributed by atoms with Gasteiger partial charge in [-0.3, -0.25) is 0 Å². The van der Waals surface area contributed by atoms with Gasteiger partial charge in [0.2, 0.25) is 0 Å². The van der Waals surface area contributed by atoms with Crippen LogP contribution in [0.3, 0.4) is 0 Å². The minimum atomic E-state index is -0.799. The molecule has 0 amide bonds. The fourth-order valence-electron chi connectivity index (χ4n) is 6.33. The molecule has 0 bridgehead atoms. The predicted octanol–water partition coefficient (Wildman–Crippen LogP) is 9.07. The van der Waals surface area contributed by atoms with E-state index in [1.54, 1.807) is 6.07 Å². The highest BCUT2D eigenvalue weighted by Gasteiger charge is 2.41. The molecule has 2 aliphatic carbocycles. The number of rotatable bonds is 6. The van der Waals surface area contributed by atoms with E-state index in [-0.39, 0.29) is 0 Å². The van der Waals surface area contributed by atoms with Crippen LogP contribution in [-0.4, -0.2) is 0 Å². The van der Waals surface area contributed by atoms with Crippen LogP contribution in [0.25, 0.3) is 11.1 Å². The maximum atomic E-state index is 13.6. The molecule has 0 nitrogen and oxygen atoms in total. The summed E-state index contributed by atoms with van der Waals surface area (Å²) < 4.78 is 26.8. The Balaban J connectivity index is 1.38. The molecule has 0 saturated heterocycles. The molecular formula is C29H36F2. The SMILES string of the molecule is C=C[C@]1(C2CCC(CCC)CC2)CC[C@@H](c2ccc(-c3ccc(F)c(F)c3)cc2)CC1. The van der Waals surface area contributed by atoms with Gasteiger partial charge in [-0.15, -0.1) is 6.58 Å². The second-order valence-electron chi connectivity index (χ2n) is 9.97. The molecule has 0 heterocycles. The summed E-state index contributed by atoms with van der Waals surface area (Å²) in [4.78, 5) is 0. The van der Waals surface area contributed by atoms with Crippen LogP contribution >= 0.6 is 0 Å². The molecule has 0 N–H and O–H groups in total. The van der Waals surface area contributed by atoms with E-state index in [1.807, 2.05) is 12.1 Å². The summed E-state index contributed by atoms with van der Waals surface area (Å²) in [5, 5.41) is 0. The Labute approximate surface area is 186 Å². The molecule has 0 radical (unpaired) electrons. The molecule has 0 spiro atoms. The molecular weight excluding hydrogens is 386 g/mol. The molecule has 2 aromatic rings. The van der Waals surface area contributed by atoms with Gasteiger partial charge < -0.3 is 0 Å². The molecule has 0 unspecified atom stereocenters. The van der Waals surface area contributed by atoms with Crippen molar-refractivity contribution in [2.45, 2.75) is 77.0 Å². The molecule has 0 aliphatic heterocycles. The van der Waals surface area contributed by atoms with Gasteiger partial charge in [0.05, 0.1) is 0 Å². The van der Waals surface area contributed by atoms with Crippen LogP contribution in [0.5, 0.6) is 0 Å². The molecule has 4 rings (SSSR count). The van der Waals surface area contributed by atoms with Gasteiger partial charge in [0.15, 0.2) is 11.6 Å². The smallest absolute Gasteiger partial charge is 0.159 e. The molecule has 2 aromatic carbocycles. The van der Waals surface area contributed by atoms with E-state index in [4.69, 9.17) is 0 Å². The number of benzene rings is 2. The van der Waals surface area contributed by atoms with Crippen LogP contribution < -0.4 is 0 Å². The van der Waals surface area contributed by atoms with Gasteiger partial charge >= 0.3 is 0 Å². The van der Waals surface area contributed by atoms with Crippen molar-refractivity contribution in [3.63, 3.8) is 0 Å². The second kappa shape index (κ2) is 9.67. The van der Waals surface area contributed by atoms with Gasteiger partial charge in [0.1, 0.15) is 0 Å². The maximum Gasteiger partial charge on any atom is 0.159 e. The summed E-state index contributed by atoms with van der Waals surface area (Å²) in [6.45, 7) is 6.59. The first-order valence-electron chi connectivity index (χ1n) is 12.2. The van der Waals surface area contributed by atoms with Crippen LogP contribution in [0.15, 0.2) is 55.1 Å². The highest BCUT2D eigenvalue weighted by molar-refractivity contribution is 5.63. The summed E-state index contributed by atoms with van der Waals surface area (Å²) in [7, 11) is 0. The summed E-state index contributed by atoms with van der Waals surface area (Å²) in [5.74, 6) is 0.761. The minimum Gasteiger partial charge on any atom is -0.204 e. The van der Waals surface area contributed by atoms with E-state index in [9.17, 15) is 8.78 Å². The standard InChI is InChI=1S/C29H36F2/c1-3-5-21-6-13-26(14-7-21)29(4-2)18-16-24(17-19-29)22-8-10-23(11-9-22)25-12-15-27(30)28(31)20-25/h4,8-12,15,20-21,24,26H,2-3,5-7,13-14,16-19H2,1H3/t21?,24-,26?,29+. The highest BCUT2D eigenvalue weighted by Crippen LogP contribution is 2.53. The normalized spacial score (nSPS) is 28.9. The lowest BCUT2D eigenvalue weighted by Gasteiger charge is -2.46. The molecule has 2 aliphatic rings. The lowest BCUT2D eigenvalue weighted by atomic mass is 9.58. The third-order valence-corrected chi connectivity index (χ3v) is 8.31. The lowest BCUT2D eigenvalue weighted by molar-refractivity contribution is 0.0927. The Morgan fingerprint density at radius 3 is 2.10 bits per heavy atom. The van der Waals surface area contributed by atoms with Crippen LogP contribution in [0.4, 0.5) is 8.78 Å². The molecule has 0 aromatic heterocycles. The maximum absolute atomic E-state index is 13.6. The zero-order valence-electron chi connectivity index (χ0n) is 18.9. The average molecular weight is 423 g/mol. The zero-order valence-corrected chi connectivity index (χ0v) is 18.9. The molecule has 2 saturated carbocycles. The van der Waals surface area contributed by atoms with E-state index < -0.39 is 11.6 Å². The fourth-order valence-corrected chi connectivity index (χ4v) is 6.33. The second-order valence-corrected chi connectivity index (χ2v) is 9.97. The average Bonchev–Trinajstić information content (AvgIpc) is 2.82. The topological polar surface area (TPSA) is 0 Å². The summed E-state index contributed by atoms with van der Waals surface area (Å²) in [5.41, 5.74) is 3.36. The number of hydrogen-bond donors (Lipinski definition) is 0. The Kier molecular flexibility index (Phi) is 6.94. The Morgan fingerprint density at radius 2 is 1.52 bits per heavy atom. The summed E-state index contributed by atoms with van der Waals surface area (Å²) in [6.07, 6.45) is 15.5. The van der Waals surface area contributed by atoms with Crippen molar-refractivity contribution in [3.05, 3.63) is 72.3 Å². The van der Waals surface area contributed by atoms with E-state index in [2.05, 4.69) is 31.7 Å². The van der Waals surface area contributed by atoms with Gasteiger partial charge in [0.25, 0.3) is 0 Å².